The number of piperidine rings is 1. The Balaban J connectivity index is 1.35. The lowest BCUT2D eigenvalue weighted by Crippen LogP contribution is -2.33. The number of fused-ring (bicyclic) bond motifs is 2. The average molecular weight is 366 g/mol. The summed E-state index contributed by atoms with van der Waals surface area (Å²) >= 11 is 3.69. The van der Waals surface area contributed by atoms with Crippen molar-refractivity contribution < 1.29 is 0 Å². The standard InChI is InChI=1S/C20H19N3S2/c1-3-9-17-15(7-1)21-19(24-17)13-23-11-5-6-14(12-23)20-22-16-8-2-4-10-18(16)25-20/h1-4,7-10,14H,5-6,11-13H2/t14-/m1/s1. The number of hydrogen-bond donors (Lipinski definition) is 0. The van der Waals surface area contributed by atoms with Crippen LogP contribution in [0, 0.1) is 0 Å². The summed E-state index contributed by atoms with van der Waals surface area (Å²) in [7, 11) is 0. The Hall–Kier alpha value is -1.82. The quantitative estimate of drug-likeness (QED) is 0.494. The van der Waals surface area contributed by atoms with Crippen LogP contribution >= 0.6 is 22.7 Å². The molecule has 0 radical (unpaired) electrons. The fraction of sp³-hybridized carbons (Fsp3) is 0.300. The van der Waals surface area contributed by atoms with E-state index in [1.165, 1.54) is 32.3 Å². The van der Waals surface area contributed by atoms with Gasteiger partial charge in [0.15, 0.2) is 0 Å². The molecule has 3 heterocycles. The zero-order valence-corrected chi connectivity index (χ0v) is 15.5. The minimum absolute atomic E-state index is 0.556. The molecular weight excluding hydrogens is 346 g/mol. The van der Waals surface area contributed by atoms with Crippen LogP contribution in [0.3, 0.4) is 0 Å². The molecule has 1 atom stereocenters. The molecule has 5 rings (SSSR count). The largest absolute Gasteiger partial charge is 0.296 e. The van der Waals surface area contributed by atoms with Crippen molar-refractivity contribution in [3.63, 3.8) is 0 Å². The molecule has 1 aliphatic rings. The number of nitrogens with zero attached hydrogens (tertiary/aromatic N) is 3. The van der Waals surface area contributed by atoms with Gasteiger partial charge in [0.1, 0.15) is 5.01 Å². The van der Waals surface area contributed by atoms with Crippen molar-refractivity contribution in [1.29, 1.82) is 0 Å². The molecule has 126 valence electrons. The van der Waals surface area contributed by atoms with Crippen LogP contribution in [-0.4, -0.2) is 28.0 Å². The van der Waals surface area contributed by atoms with Crippen molar-refractivity contribution >= 4 is 43.1 Å². The minimum Gasteiger partial charge on any atom is -0.296 e. The molecule has 25 heavy (non-hydrogen) atoms. The molecule has 0 bridgehead atoms. The summed E-state index contributed by atoms with van der Waals surface area (Å²) in [6.07, 6.45) is 2.49. The molecule has 0 saturated carbocycles. The Morgan fingerprint density at radius 3 is 2.40 bits per heavy atom. The van der Waals surface area contributed by atoms with E-state index in [9.17, 15) is 0 Å². The third kappa shape index (κ3) is 3.08. The second kappa shape index (κ2) is 6.48. The van der Waals surface area contributed by atoms with Gasteiger partial charge in [0.25, 0.3) is 0 Å². The van der Waals surface area contributed by atoms with Crippen molar-refractivity contribution in [2.45, 2.75) is 25.3 Å². The summed E-state index contributed by atoms with van der Waals surface area (Å²) < 4.78 is 2.60. The topological polar surface area (TPSA) is 29.0 Å². The molecular formula is C20H19N3S2. The molecule has 0 amide bonds. The predicted octanol–water partition coefficient (Wildman–Crippen LogP) is 5.29. The number of hydrogen-bond acceptors (Lipinski definition) is 5. The second-order valence-electron chi connectivity index (χ2n) is 6.67. The summed E-state index contributed by atoms with van der Waals surface area (Å²) in [5.41, 5.74) is 2.27. The van der Waals surface area contributed by atoms with E-state index in [-0.39, 0.29) is 0 Å². The Bertz CT molecular complexity index is 954. The molecule has 0 N–H and O–H groups in total. The lowest BCUT2D eigenvalue weighted by molar-refractivity contribution is 0.200. The van der Waals surface area contributed by atoms with Crippen LogP contribution in [0.15, 0.2) is 48.5 Å². The van der Waals surface area contributed by atoms with Gasteiger partial charge in [-0.15, -0.1) is 22.7 Å². The van der Waals surface area contributed by atoms with Crippen LogP contribution < -0.4 is 0 Å². The van der Waals surface area contributed by atoms with Gasteiger partial charge in [0.2, 0.25) is 0 Å². The van der Waals surface area contributed by atoms with Crippen LogP contribution in [0.1, 0.15) is 28.8 Å². The van der Waals surface area contributed by atoms with Gasteiger partial charge in [-0.2, -0.15) is 0 Å². The van der Waals surface area contributed by atoms with Crippen molar-refractivity contribution in [2.75, 3.05) is 13.1 Å². The van der Waals surface area contributed by atoms with Gasteiger partial charge >= 0.3 is 0 Å². The van der Waals surface area contributed by atoms with Gasteiger partial charge in [0.05, 0.1) is 32.0 Å². The Morgan fingerprint density at radius 2 is 1.64 bits per heavy atom. The van der Waals surface area contributed by atoms with Gasteiger partial charge in [0, 0.05) is 12.5 Å². The van der Waals surface area contributed by atoms with Gasteiger partial charge in [-0.25, -0.2) is 9.97 Å². The third-order valence-corrected chi connectivity index (χ3v) is 7.08. The van der Waals surface area contributed by atoms with E-state index < -0.39 is 0 Å². The zero-order chi connectivity index (χ0) is 16.6. The highest BCUT2D eigenvalue weighted by molar-refractivity contribution is 7.18. The normalized spacial score (nSPS) is 19.0. The Morgan fingerprint density at radius 1 is 0.920 bits per heavy atom. The van der Waals surface area contributed by atoms with E-state index in [4.69, 9.17) is 9.97 Å². The fourth-order valence-electron chi connectivity index (χ4n) is 3.64. The van der Waals surface area contributed by atoms with Crippen LogP contribution in [0.5, 0.6) is 0 Å². The van der Waals surface area contributed by atoms with Crippen LogP contribution in [0.4, 0.5) is 0 Å². The van der Waals surface area contributed by atoms with Crippen molar-refractivity contribution in [1.82, 2.24) is 14.9 Å². The fourth-order valence-corrected chi connectivity index (χ4v) is 5.75. The number of benzene rings is 2. The van der Waals surface area contributed by atoms with E-state index >= 15 is 0 Å². The van der Waals surface area contributed by atoms with Crippen LogP contribution in [-0.2, 0) is 6.54 Å². The van der Waals surface area contributed by atoms with Crippen molar-refractivity contribution in [2.24, 2.45) is 0 Å². The molecule has 0 unspecified atom stereocenters. The number of likely N-dealkylation sites (tertiary alicyclic amines) is 1. The van der Waals surface area contributed by atoms with Gasteiger partial charge in [-0.1, -0.05) is 24.3 Å². The van der Waals surface area contributed by atoms with Crippen LogP contribution in [0.2, 0.25) is 0 Å². The SMILES string of the molecule is c1ccc2sc(CN3CCC[C@@H](c4nc5ccccc5s4)C3)nc2c1. The summed E-state index contributed by atoms with van der Waals surface area (Å²) in [6, 6.07) is 16.9. The van der Waals surface area contributed by atoms with E-state index in [2.05, 4.69) is 53.4 Å². The average Bonchev–Trinajstić information content (AvgIpc) is 3.25. The lowest BCUT2D eigenvalue weighted by atomic mass is 9.99. The van der Waals surface area contributed by atoms with Crippen molar-refractivity contribution in [3.8, 4) is 0 Å². The van der Waals surface area contributed by atoms with E-state index in [1.807, 2.05) is 22.7 Å². The summed E-state index contributed by atoms with van der Waals surface area (Å²) in [6.45, 7) is 3.22. The molecule has 2 aromatic carbocycles. The second-order valence-corrected chi connectivity index (χ2v) is 8.85. The number of rotatable bonds is 3. The molecule has 0 aliphatic carbocycles. The third-order valence-electron chi connectivity index (χ3n) is 4.86. The summed E-state index contributed by atoms with van der Waals surface area (Å²) in [5.74, 6) is 0.556. The number of para-hydroxylation sites is 2. The summed E-state index contributed by atoms with van der Waals surface area (Å²) in [4.78, 5) is 12.2. The lowest BCUT2D eigenvalue weighted by Gasteiger charge is -2.31. The smallest absolute Gasteiger partial charge is 0.108 e. The first-order chi connectivity index (χ1) is 12.3. The minimum atomic E-state index is 0.556. The van der Waals surface area contributed by atoms with Gasteiger partial charge in [-0.05, 0) is 43.7 Å². The van der Waals surface area contributed by atoms with Gasteiger partial charge < -0.3 is 0 Å². The first kappa shape index (κ1) is 15.4. The predicted molar refractivity (Wildman–Crippen MR) is 106 cm³/mol. The monoisotopic (exact) mass is 365 g/mol. The molecule has 5 heteroatoms. The van der Waals surface area contributed by atoms with E-state index in [0.29, 0.717) is 5.92 Å². The maximum Gasteiger partial charge on any atom is 0.108 e. The molecule has 4 aromatic rings. The molecule has 1 saturated heterocycles. The first-order valence-electron chi connectivity index (χ1n) is 8.77. The molecule has 2 aromatic heterocycles. The maximum absolute atomic E-state index is 4.89. The number of thiazole rings is 2. The van der Waals surface area contributed by atoms with E-state index in [1.54, 1.807) is 0 Å². The van der Waals surface area contributed by atoms with Crippen LogP contribution in [0.25, 0.3) is 20.4 Å². The highest BCUT2D eigenvalue weighted by atomic mass is 32.1. The van der Waals surface area contributed by atoms with Crippen molar-refractivity contribution in [3.05, 3.63) is 58.5 Å². The summed E-state index contributed by atoms with van der Waals surface area (Å²) in [5, 5.41) is 2.53. The molecule has 1 fully saturated rings. The molecule has 3 nitrogen and oxygen atoms in total. The Labute approximate surface area is 155 Å². The first-order valence-corrected chi connectivity index (χ1v) is 10.4. The van der Waals surface area contributed by atoms with E-state index in [0.717, 1.165) is 30.7 Å². The molecule has 1 aliphatic heterocycles. The maximum atomic E-state index is 4.89. The zero-order valence-electron chi connectivity index (χ0n) is 13.9. The highest BCUT2D eigenvalue weighted by Crippen LogP contribution is 2.33. The highest BCUT2D eigenvalue weighted by Gasteiger charge is 2.24. The molecule has 0 spiro atoms. The Kier molecular flexibility index (Phi) is 4.00. The number of aromatic nitrogens is 2. The van der Waals surface area contributed by atoms with Gasteiger partial charge in [-0.3, -0.25) is 4.90 Å².